The number of carbonyl (C=O) groups is 2. The number of piperazine rings is 1. The van der Waals surface area contributed by atoms with Crippen LogP contribution in [0.4, 0.5) is 5.82 Å². The third kappa shape index (κ3) is 2.84. The normalized spacial score (nSPS) is 28.7. The smallest absolute Gasteiger partial charge is 0.252 e. The van der Waals surface area contributed by atoms with E-state index >= 15 is 0 Å². The summed E-state index contributed by atoms with van der Waals surface area (Å²) < 4.78 is 0. The number of carbonyl (C=O) groups excluding carboxylic acids is 2. The molecule has 1 saturated carbocycles. The van der Waals surface area contributed by atoms with Gasteiger partial charge in [0.15, 0.2) is 0 Å². The number of rotatable bonds is 3. The Balaban J connectivity index is 1.46. The third-order valence-corrected chi connectivity index (χ3v) is 6.38. The summed E-state index contributed by atoms with van der Waals surface area (Å²) in [4.78, 5) is 33.4. The number of hydrogen-bond donors (Lipinski definition) is 2. The number of hydrogen-bond acceptors (Lipinski definition) is 5. The molecule has 4 rings (SSSR count). The van der Waals surface area contributed by atoms with E-state index in [4.69, 9.17) is 5.73 Å². The molecule has 140 valence electrons. The molecule has 3 heterocycles. The van der Waals surface area contributed by atoms with E-state index in [0.29, 0.717) is 49.4 Å². The maximum atomic E-state index is 13.4. The number of nitrogens with one attached hydrogen (secondary N) is 1. The van der Waals surface area contributed by atoms with E-state index in [9.17, 15) is 9.59 Å². The fourth-order valence-electron chi connectivity index (χ4n) is 4.95. The van der Waals surface area contributed by atoms with Crippen molar-refractivity contribution in [3.05, 3.63) is 23.9 Å². The van der Waals surface area contributed by atoms with E-state index < -0.39 is 5.91 Å². The van der Waals surface area contributed by atoms with Crippen LogP contribution in [0.3, 0.4) is 0 Å². The number of primary amides is 1. The lowest BCUT2D eigenvalue weighted by Gasteiger charge is -2.44. The first-order valence-corrected chi connectivity index (χ1v) is 9.62. The van der Waals surface area contributed by atoms with Crippen molar-refractivity contribution < 1.29 is 9.59 Å². The van der Waals surface area contributed by atoms with Gasteiger partial charge >= 0.3 is 0 Å². The van der Waals surface area contributed by atoms with Gasteiger partial charge in [-0.25, -0.2) is 4.98 Å². The fourth-order valence-corrected chi connectivity index (χ4v) is 4.95. The molecule has 7 nitrogen and oxygen atoms in total. The van der Waals surface area contributed by atoms with Crippen LogP contribution in [-0.4, -0.2) is 61.0 Å². The molecule has 1 aliphatic carbocycles. The highest BCUT2D eigenvalue weighted by atomic mass is 16.2. The van der Waals surface area contributed by atoms with Gasteiger partial charge in [-0.3, -0.25) is 9.59 Å². The molecular weight excluding hydrogens is 330 g/mol. The molecule has 0 spiro atoms. The van der Waals surface area contributed by atoms with Crippen LogP contribution < -0.4 is 16.0 Å². The lowest BCUT2D eigenvalue weighted by molar-refractivity contribution is -0.145. The second-order valence-electron chi connectivity index (χ2n) is 7.75. The highest BCUT2D eigenvalue weighted by Gasteiger charge is 2.51. The number of pyridine rings is 1. The minimum atomic E-state index is -0.465. The van der Waals surface area contributed by atoms with Crippen LogP contribution in [0.2, 0.25) is 0 Å². The van der Waals surface area contributed by atoms with Crippen LogP contribution in [0, 0.1) is 11.3 Å². The highest BCUT2D eigenvalue weighted by molar-refractivity contribution is 5.97. The molecule has 26 heavy (non-hydrogen) atoms. The molecule has 0 radical (unpaired) electrons. The Hall–Kier alpha value is -2.15. The summed E-state index contributed by atoms with van der Waals surface area (Å²) in [5, 5.41) is 3.46. The first-order valence-electron chi connectivity index (χ1n) is 9.62. The Labute approximate surface area is 153 Å². The molecule has 7 heteroatoms. The summed E-state index contributed by atoms with van der Waals surface area (Å²) in [5.74, 6) is 0.970. The summed E-state index contributed by atoms with van der Waals surface area (Å²) >= 11 is 0. The van der Waals surface area contributed by atoms with E-state index in [2.05, 4.69) is 15.2 Å². The number of nitrogens with two attached hydrogens (primary N) is 1. The average Bonchev–Trinajstić information content (AvgIpc) is 3.13. The summed E-state index contributed by atoms with van der Waals surface area (Å²) in [6.45, 7) is 4.49. The molecule has 0 aromatic carbocycles. The monoisotopic (exact) mass is 357 g/mol. The first-order chi connectivity index (χ1) is 12.6. The number of amides is 2. The van der Waals surface area contributed by atoms with Gasteiger partial charge in [0.2, 0.25) is 5.91 Å². The molecule has 3 N–H and O–H groups in total. The van der Waals surface area contributed by atoms with Gasteiger partial charge in [0, 0.05) is 38.9 Å². The van der Waals surface area contributed by atoms with E-state index in [0.717, 1.165) is 32.4 Å². The van der Waals surface area contributed by atoms with Crippen LogP contribution in [0.1, 0.15) is 36.0 Å². The van der Waals surface area contributed by atoms with Gasteiger partial charge < -0.3 is 20.9 Å². The van der Waals surface area contributed by atoms with Crippen molar-refractivity contribution in [2.24, 2.45) is 17.1 Å². The number of aromatic nitrogens is 1. The zero-order valence-corrected chi connectivity index (χ0v) is 15.1. The minimum absolute atomic E-state index is 0.191. The third-order valence-electron chi connectivity index (χ3n) is 6.38. The second kappa shape index (κ2) is 6.87. The lowest BCUT2D eigenvalue weighted by Crippen LogP contribution is -2.56. The van der Waals surface area contributed by atoms with Crippen molar-refractivity contribution in [3.63, 3.8) is 0 Å². The first kappa shape index (κ1) is 17.3. The number of fused-ring (bicyclic) bond motifs is 1. The Morgan fingerprint density at radius 2 is 2.04 bits per heavy atom. The Morgan fingerprint density at radius 3 is 2.81 bits per heavy atom. The molecule has 1 aromatic heterocycles. The van der Waals surface area contributed by atoms with Gasteiger partial charge in [0.05, 0.1) is 11.0 Å². The second-order valence-corrected chi connectivity index (χ2v) is 7.75. The van der Waals surface area contributed by atoms with Crippen molar-refractivity contribution in [3.8, 4) is 0 Å². The Bertz CT molecular complexity index is 701. The minimum Gasteiger partial charge on any atom is -0.365 e. The van der Waals surface area contributed by atoms with Gasteiger partial charge in [-0.1, -0.05) is 12.8 Å². The van der Waals surface area contributed by atoms with Crippen molar-refractivity contribution in [2.75, 3.05) is 44.2 Å². The molecule has 3 aliphatic rings. The zero-order valence-electron chi connectivity index (χ0n) is 15.1. The van der Waals surface area contributed by atoms with Crippen LogP contribution in [0.5, 0.6) is 0 Å². The van der Waals surface area contributed by atoms with E-state index in [1.54, 1.807) is 18.3 Å². The van der Waals surface area contributed by atoms with Gasteiger partial charge in [0.25, 0.3) is 5.91 Å². The molecule has 0 unspecified atom stereocenters. The molecule has 3 fully saturated rings. The van der Waals surface area contributed by atoms with Gasteiger partial charge in [0.1, 0.15) is 5.82 Å². The maximum absolute atomic E-state index is 13.4. The van der Waals surface area contributed by atoms with Crippen LogP contribution in [0.25, 0.3) is 0 Å². The maximum Gasteiger partial charge on any atom is 0.252 e. The quantitative estimate of drug-likeness (QED) is 0.827. The zero-order chi connectivity index (χ0) is 18.1. The van der Waals surface area contributed by atoms with E-state index in [-0.39, 0.29) is 5.41 Å². The number of nitrogens with zero attached hydrogens (tertiary/aromatic N) is 3. The largest absolute Gasteiger partial charge is 0.365 e. The predicted molar refractivity (Wildman–Crippen MR) is 98.8 cm³/mol. The molecule has 2 atom stereocenters. The molecule has 1 aromatic rings. The van der Waals surface area contributed by atoms with Crippen molar-refractivity contribution >= 4 is 17.6 Å². The Kier molecular flexibility index (Phi) is 4.56. The van der Waals surface area contributed by atoms with E-state index in [1.807, 2.05) is 4.90 Å². The molecule has 2 amide bonds. The number of anilines is 1. The standard InChI is InChI=1S/C19H27N5O2/c20-16(25)15-5-3-7-22-17(15)23-8-10-24(11-9-23)18(26)19-6-2-1-4-14(19)12-21-13-19/h3,5,7,14,21H,1-2,4,6,8-13H2,(H2,20,25)/t14-,19+/m0/s1. The van der Waals surface area contributed by atoms with Crippen LogP contribution in [-0.2, 0) is 4.79 Å². The predicted octanol–water partition coefficient (Wildman–Crippen LogP) is 0.609. The Morgan fingerprint density at radius 1 is 1.23 bits per heavy atom. The molecule has 0 bridgehead atoms. The highest BCUT2D eigenvalue weighted by Crippen LogP contribution is 2.45. The fraction of sp³-hybridized carbons (Fsp3) is 0.632. The summed E-state index contributed by atoms with van der Waals surface area (Å²) in [5.41, 5.74) is 5.73. The van der Waals surface area contributed by atoms with Crippen molar-refractivity contribution in [1.29, 1.82) is 0 Å². The van der Waals surface area contributed by atoms with Crippen molar-refractivity contribution in [1.82, 2.24) is 15.2 Å². The van der Waals surface area contributed by atoms with E-state index in [1.165, 1.54) is 6.42 Å². The summed E-state index contributed by atoms with van der Waals surface area (Å²) in [6.07, 6.45) is 6.24. The van der Waals surface area contributed by atoms with Gasteiger partial charge in [-0.2, -0.15) is 0 Å². The molecule has 2 saturated heterocycles. The summed E-state index contributed by atoms with van der Waals surface area (Å²) in [7, 11) is 0. The van der Waals surface area contributed by atoms with Crippen molar-refractivity contribution in [2.45, 2.75) is 25.7 Å². The van der Waals surface area contributed by atoms with Gasteiger partial charge in [-0.05, 0) is 37.4 Å². The SMILES string of the molecule is NC(=O)c1cccnc1N1CCN(C(=O)[C@@]23CCCC[C@H]2CNC3)CC1. The van der Waals surface area contributed by atoms with Crippen LogP contribution in [0.15, 0.2) is 18.3 Å². The van der Waals surface area contributed by atoms with Gasteiger partial charge in [-0.15, -0.1) is 0 Å². The lowest BCUT2D eigenvalue weighted by atomic mass is 9.67. The molecular formula is C19H27N5O2. The topological polar surface area (TPSA) is 91.6 Å². The summed E-state index contributed by atoms with van der Waals surface area (Å²) in [6, 6.07) is 3.43. The molecule has 2 aliphatic heterocycles. The average molecular weight is 357 g/mol. The van der Waals surface area contributed by atoms with Crippen LogP contribution >= 0.6 is 0 Å².